The fraction of sp³-hybridized carbons (Fsp3) is 0.167. The molecule has 0 aromatic heterocycles. The second-order valence-electron chi connectivity index (χ2n) is 3.68. The number of methoxy groups -OCH3 is 1. The Morgan fingerprint density at radius 2 is 2.11 bits per heavy atom. The van der Waals surface area contributed by atoms with E-state index in [4.69, 9.17) is 4.74 Å². The van der Waals surface area contributed by atoms with E-state index in [9.17, 15) is 14.7 Å². The lowest BCUT2D eigenvalue weighted by Crippen LogP contribution is -2.18. The third kappa shape index (κ3) is 2.19. The number of ether oxygens (including phenoxy) is 1. The first-order valence-corrected chi connectivity index (χ1v) is 5.96. The Kier molecular flexibility index (Phi) is 3.29. The van der Waals surface area contributed by atoms with Gasteiger partial charge in [-0.25, -0.2) is 0 Å². The van der Waals surface area contributed by atoms with Crippen molar-refractivity contribution < 1.29 is 19.4 Å². The van der Waals surface area contributed by atoms with Crippen molar-refractivity contribution in [1.29, 1.82) is 0 Å². The van der Waals surface area contributed by atoms with Gasteiger partial charge in [0.25, 0.3) is 11.1 Å². The van der Waals surface area contributed by atoms with Crippen LogP contribution in [0.5, 0.6) is 11.5 Å². The lowest BCUT2D eigenvalue weighted by molar-refractivity contribution is -0.115. The van der Waals surface area contributed by atoms with Crippen LogP contribution in [0.15, 0.2) is 23.1 Å². The van der Waals surface area contributed by atoms with Gasteiger partial charge >= 0.3 is 0 Å². The summed E-state index contributed by atoms with van der Waals surface area (Å²) in [6.45, 7) is 1.74. The molecular weight excluding hydrogens is 254 g/mol. The molecule has 6 heteroatoms. The molecule has 0 radical (unpaired) electrons. The smallest absolute Gasteiger partial charge is 0.290 e. The standard InChI is InChI=1S/C12H11NO4S/c1-6(10-11(15)13-12(16)18-10)7-3-4-8(14)9(5-7)17-2/h3-5,14H,1-2H3,(H,13,15,16)/b10-6+. The molecule has 1 heterocycles. The number of nitrogens with one attached hydrogen (secondary N) is 1. The molecule has 2 N–H and O–H groups in total. The normalized spacial score (nSPS) is 17.7. The minimum absolute atomic E-state index is 0.0265. The van der Waals surface area contributed by atoms with Crippen LogP contribution in [0.25, 0.3) is 5.57 Å². The molecule has 94 valence electrons. The number of imide groups is 1. The van der Waals surface area contributed by atoms with Crippen molar-refractivity contribution in [1.82, 2.24) is 5.32 Å². The zero-order chi connectivity index (χ0) is 13.3. The van der Waals surface area contributed by atoms with Gasteiger partial charge in [-0.1, -0.05) is 6.07 Å². The molecule has 0 aliphatic carbocycles. The van der Waals surface area contributed by atoms with Gasteiger partial charge in [-0.2, -0.15) is 0 Å². The maximum absolute atomic E-state index is 11.5. The van der Waals surface area contributed by atoms with Crippen LogP contribution < -0.4 is 10.1 Å². The number of carbonyl (C=O) groups is 2. The first-order valence-electron chi connectivity index (χ1n) is 5.14. The highest BCUT2D eigenvalue weighted by atomic mass is 32.2. The number of hydrogen-bond donors (Lipinski definition) is 2. The van der Waals surface area contributed by atoms with Gasteiger partial charge in [-0.3, -0.25) is 14.9 Å². The fourth-order valence-electron chi connectivity index (χ4n) is 1.60. The van der Waals surface area contributed by atoms with Gasteiger partial charge in [0.05, 0.1) is 12.0 Å². The van der Waals surface area contributed by atoms with E-state index in [1.165, 1.54) is 13.2 Å². The van der Waals surface area contributed by atoms with Crippen molar-refractivity contribution in [3.63, 3.8) is 0 Å². The molecule has 0 atom stereocenters. The Morgan fingerprint density at radius 3 is 2.67 bits per heavy atom. The average Bonchev–Trinajstić information content (AvgIpc) is 2.68. The van der Waals surface area contributed by atoms with Crippen LogP contribution in [0.1, 0.15) is 12.5 Å². The van der Waals surface area contributed by atoms with Crippen molar-refractivity contribution in [2.75, 3.05) is 7.11 Å². The summed E-state index contributed by atoms with van der Waals surface area (Å²) in [5.74, 6) is -0.0459. The number of benzene rings is 1. The number of amides is 2. The van der Waals surface area contributed by atoms with E-state index in [-0.39, 0.29) is 11.0 Å². The minimum atomic E-state index is -0.394. The van der Waals surface area contributed by atoms with E-state index in [1.807, 2.05) is 0 Å². The largest absolute Gasteiger partial charge is 0.504 e. The molecule has 1 aliphatic heterocycles. The van der Waals surface area contributed by atoms with E-state index in [0.717, 1.165) is 17.3 Å². The summed E-state index contributed by atoms with van der Waals surface area (Å²) in [4.78, 5) is 23.0. The van der Waals surface area contributed by atoms with Gasteiger partial charge in [-0.05, 0) is 42.0 Å². The summed E-state index contributed by atoms with van der Waals surface area (Å²) in [5.41, 5.74) is 1.39. The van der Waals surface area contributed by atoms with Crippen LogP contribution in [0.2, 0.25) is 0 Å². The highest BCUT2D eigenvalue weighted by molar-refractivity contribution is 8.18. The molecule has 5 nitrogen and oxygen atoms in total. The molecule has 0 saturated carbocycles. The molecule has 1 aromatic carbocycles. The van der Waals surface area contributed by atoms with Crippen LogP contribution >= 0.6 is 11.8 Å². The van der Waals surface area contributed by atoms with Gasteiger partial charge in [-0.15, -0.1) is 0 Å². The molecular formula is C12H11NO4S. The van der Waals surface area contributed by atoms with Crippen molar-refractivity contribution in [2.24, 2.45) is 0 Å². The Hall–Kier alpha value is -1.95. The van der Waals surface area contributed by atoms with E-state index >= 15 is 0 Å². The SMILES string of the molecule is COc1cc(/C(C)=C2/SC(=O)NC2=O)ccc1O. The number of phenols is 1. The number of carbonyl (C=O) groups excluding carboxylic acids is 2. The van der Waals surface area contributed by atoms with E-state index in [1.54, 1.807) is 19.1 Å². The number of allylic oxidation sites excluding steroid dienone is 1. The van der Waals surface area contributed by atoms with Gasteiger partial charge in [0.15, 0.2) is 11.5 Å². The molecule has 0 bridgehead atoms. The van der Waals surface area contributed by atoms with Gasteiger partial charge in [0.2, 0.25) is 0 Å². The second-order valence-corrected chi connectivity index (χ2v) is 4.67. The topological polar surface area (TPSA) is 75.6 Å². The molecule has 18 heavy (non-hydrogen) atoms. The lowest BCUT2D eigenvalue weighted by Gasteiger charge is -2.08. The number of rotatable bonds is 2. The third-order valence-corrected chi connectivity index (χ3v) is 3.55. The molecule has 1 aliphatic rings. The number of thioether (sulfide) groups is 1. The summed E-state index contributed by atoms with van der Waals surface area (Å²) in [7, 11) is 1.45. The quantitative estimate of drug-likeness (QED) is 0.801. The number of aromatic hydroxyl groups is 1. The van der Waals surface area contributed by atoms with Gasteiger partial charge in [0, 0.05) is 0 Å². The number of hydrogen-bond acceptors (Lipinski definition) is 5. The average molecular weight is 265 g/mol. The van der Waals surface area contributed by atoms with Crippen molar-refractivity contribution >= 4 is 28.5 Å². The molecule has 1 saturated heterocycles. The monoisotopic (exact) mass is 265 g/mol. The van der Waals surface area contributed by atoms with Crippen LogP contribution in [-0.4, -0.2) is 23.4 Å². The molecule has 0 spiro atoms. The van der Waals surface area contributed by atoms with Gasteiger partial charge in [0.1, 0.15) is 0 Å². The Labute approximate surface area is 108 Å². The summed E-state index contributed by atoms with van der Waals surface area (Å²) >= 11 is 0.871. The molecule has 0 unspecified atom stereocenters. The Morgan fingerprint density at radius 1 is 1.39 bits per heavy atom. The fourth-order valence-corrected chi connectivity index (χ4v) is 2.35. The van der Waals surface area contributed by atoms with Crippen molar-refractivity contribution in [3.8, 4) is 11.5 Å². The van der Waals surface area contributed by atoms with Crippen LogP contribution in [-0.2, 0) is 4.79 Å². The van der Waals surface area contributed by atoms with Crippen molar-refractivity contribution in [2.45, 2.75) is 6.92 Å². The van der Waals surface area contributed by atoms with E-state index in [0.29, 0.717) is 16.2 Å². The molecule has 1 aromatic rings. The molecule has 2 rings (SSSR count). The van der Waals surface area contributed by atoms with Crippen molar-refractivity contribution in [3.05, 3.63) is 28.7 Å². The van der Waals surface area contributed by atoms with Gasteiger partial charge < -0.3 is 9.84 Å². The summed E-state index contributed by atoms with van der Waals surface area (Å²) in [6.07, 6.45) is 0. The highest BCUT2D eigenvalue weighted by Gasteiger charge is 2.27. The maximum atomic E-state index is 11.5. The zero-order valence-corrected chi connectivity index (χ0v) is 10.6. The highest BCUT2D eigenvalue weighted by Crippen LogP contribution is 2.34. The Bertz CT molecular complexity index is 565. The summed E-state index contributed by atoms with van der Waals surface area (Å²) in [5, 5.41) is 11.3. The van der Waals surface area contributed by atoms with E-state index < -0.39 is 5.91 Å². The number of phenolic OH excluding ortho intramolecular Hbond substituents is 1. The maximum Gasteiger partial charge on any atom is 0.290 e. The second kappa shape index (κ2) is 4.73. The first kappa shape index (κ1) is 12.5. The zero-order valence-electron chi connectivity index (χ0n) is 9.81. The van der Waals surface area contributed by atoms with Crippen LogP contribution in [0, 0.1) is 0 Å². The first-order chi connectivity index (χ1) is 8.52. The molecule has 2 amide bonds. The van der Waals surface area contributed by atoms with Crippen LogP contribution in [0.3, 0.4) is 0 Å². The van der Waals surface area contributed by atoms with Crippen LogP contribution in [0.4, 0.5) is 4.79 Å². The predicted octanol–water partition coefficient (Wildman–Crippen LogP) is 2.11. The summed E-state index contributed by atoms with van der Waals surface area (Å²) < 4.78 is 5.00. The predicted molar refractivity (Wildman–Crippen MR) is 68.4 cm³/mol. The molecule has 1 fully saturated rings. The van der Waals surface area contributed by atoms with E-state index in [2.05, 4.69) is 5.32 Å². The third-order valence-electron chi connectivity index (χ3n) is 2.57. The Balaban J connectivity index is 2.46. The lowest BCUT2D eigenvalue weighted by atomic mass is 10.1. The minimum Gasteiger partial charge on any atom is -0.504 e. The summed E-state index contributed by atoms with van der Waals surface area (Å²) in [6, 6.07) is 4.77.